The first-order chi connectivity index (χ1) is 16.4. The molecule has 0 saturated carbocycles. The van der Waals surface area contributed by atoms with Crippen molar-refractivity contribution in [2.45, 2.75) is 32.2 Å². The zero-order valence-corrected chi connectivity index (χ0v) is 20.1. The van der Waals surface area contributed by atoms with E-state index in [0.717, 1.165) is 6.26 Å². The van der Waals surface area contributed by atoms with Crippen LogP contribution in [0, 0.1) is 11.6 Å². The maximum Gasteiger partial charge on any atom is 0.266 e. The van der Waals surface area contributed by atoms with E-state index in [2.05, 4.69) is 5.32 Å². The summed E-state index contributed by atoms with van der Waals surface area (Å²) in [6.45, 7) is 1.23. The van der Waals surface area contributed by atoms with Crippen LogP contribution in [0.5, 0.6) is 5.75 Å². The number of ether oxygens (including phenoxy) is 1. The number of halogens is 2. The summed E-state index contributed by atoms with van der Waals surface area (Å²) in [6, 6.07) is 17.5. The predicted molar refractivity (Wildman–Crippen MR) is 127 cm³/mol. The standard InChI is InChI=1S/C25H26F2N2O5S/c1-25(24(28)30,34-35(2,31)32)29-15-18-10-11-23(33-16-19-7-3-4-9-22(19)27)20(13-18)12-17-6-5-8-21(26)14-17/h3-11,13-14,29H,12,15-16H2,1-2H3,(H2,28,30). The van der Waals surface area contributed by atoms with Gasteiger partial charge in [0.1, 0.15) is 24.0 Å². The van der Waals surface area contributed by atoms with Gasteiger partial charge in [-0.3, -0.25) is 10.1 Å². The summed E-state index contributed by atoms with van der Waals surface area (Å²) in [4.78, 5) is 11.8. The molecule has 0 saturated heterocycles. The van der Waals surface area contributed by atoms with E-state index in [-0.39, 0.29) is 19.0 Å². The predicted octanol–water partition coefficient (Wildman–Crippen LogP) is 3.40. The molecule has 35 heavy (non-hydrogen) atoms. The van der Waals surface area contributed by atoms with E-state index in [4.69, 9.17) is 14.7 Å². The average Bonchev–Trinajstić information content (AvgIpc) is 2.77. The molecule has 0 aliphatic heterocycles. The van der Waals surface area contributed by atoms with Gasteiger partial charge in [-0.25, -0.2) is 13.0 Å². The van der Waals surface area contributed by atoms with E-state index >= 15 is 0 Å². The highest BCUT2D eigenvalue weighted by molar-refractivity contribution is 7.86. The van der Waals surface area contributed by atoms with Crippen molar-refractivity contribution in [3.63, 3.8) is 0 Å². The smallest absolute Gasteiger partial charge is 0.266 e. The molecule has 7 nitrogen and oxygen atoms in total. The van der Waals surface area contributed by atoms with Gasteiger partial charge in [0.15, 0.2) is 0 Å². The van der Waals surface area contributed by atoms with Gasteiger partial charge in [-0.05, 0) is 47.9 Å². The summed E-state index contributed by atoms with van der Waals surface area (Å²) in [6.07, 6.45) is 1.12. The molecular weight excluding hydrogens is 478 g/mol. The molecule has 0 aromatic heterocycles. The van der Waals surface area contributed by atoms with Gasteiger partial charge in [0.2, 0.25) is 5.72 Å². The van der Waals surface area contributed by atoms with E-state index < -0.39 is 27.6 Å². The molecule has 0 radical (unpaired) electrons. The van der Waals surface area contributed by atoms with Crippen LogP contribution >= 0.6 is 0 Å². The molecule has 1 unspecified atom stereocenters. The first-order valence-electron chi connectivity index (χ1n) is 10.6. The van der Waals surface area contributed by atoms with Crippen LogP contribution in [0.2, 0.25) is 0 Å². The van der Waals surface area contributed by atoms with Gasteiger partial charge in [-0.1, -0.05) is 42.5 Å². The maximum absolute atomic E-state index is 14.0. The van der Waals surface area contributed by atoms with Crippen LogP contribution in [-0.2, 0) is 38.7 Å². The van der Waals surface area contributed by atoms with E-state index in [1.165, 1.54) is 25.1 Å². The summed E-state index contributed by atoms with van der Waals surface area (Å²) < 4.78 is 61.6. The molecule has 0 heterocycles. The SMILES string of the molecule is CC(NCc1ccc(OCc2ccccc2F)c(Cc2cccc(F)c2)c1)(OS(C)(=O)=O)C(N)=O. The lowest BCUT2D eigenvalue weighted by Gasteiger charge is -2.26. The summed E-state index contributed by atoms with van der Waals surface area (Å²) in [5.41, 5.74) is 5.78. The van der Waals surface area contributed by atoms with Crippen molar-refractivity contribution in [3.05, 3.63) is 101 Å². The second kappa shape index (κ2) is 10.9. The summed E-state index contributed by atoms with van der Waals surface area (Å²) in [7, 11) is -3.98. The van der Waals surface area contributed by atoms with Crippen LogP contribution in [0.4, 0.5) is 8.78 Å². The molecule has 3 aromatic rings. The molecule has 3 rings (SSSR count). The number of benzene rings is 3. The average molecular weight is 505 g/mol. The number of rotatable bonds is 11. The van der Waals surface area contributed by atoms with Gasteiger partial charge in [-0.2, -0.15) is 8.42 Å². The normalized spacial score (nSPS) is 13.3. The molecule has 0 spiro atoms. The Morgan fingerprint density at radius 1 is 1.00 bits per heavy atom. The number of carbonyl (C=O) groups is 1. The second-order valence-corrected chi connectivity index (χ2v) is 9.74. The number of hydrogen-bond donors (Lipinski definition) is 2. The number of nitrogens with two attached hydrogens (primary N) is 1. The van der Waals surface area contributed by atoms with Crippen LogP contribution in [0.25, 0.3) is 0 Å². The van der Waals surface area contributed by atoms with Gasteiger partial charge in [0.05, 0.1) is 6.26 Å². The van der Waals surface area contributed by atoms with Gasteiger partial charge in [-0.15, -0.1) is 0 Å². The van der Waals surface area contributed by atoms with Crippen LogP contribution < -0.4 is 15.8 Å². The van der Waals surface area contributed by atoms with Gasteiger partial charge in [0, 0.05) is 18.5 Å². The van der Waals surface area contributed by atoms with E-state index in [1.54, 1.807) is 48.5 Å². The highest BCUT2D eigenvalue weighted by atomic mass is 32.2. The molecule has 0 aliphatic carbocycles. The highest BCUT2D eigenvalue weighted by Crippen LogP contribution is 2.26. The Bertz CT molecular complexity index is 1320. The molecule has 186 valence electrons. The van der Waals surface area contributed by atoms with Crippen molar-refractivity contribution in [2.24, 2.45) is 5.73 Å². The fourth-order valence-electron chi connectivity index (χ4n) is 3.39. The highest BCUT2D eigenvalue weighted by Gasteiger charge is 2.35. The molecule has 1 amide bonds. The monoisotopic (exact) mass is 504 g/mol. The molecule has 0 fully saturated rings. The van der Waals surface area contributed by atoms with Crippen molar-refractivity contribution in [1.82, 2.24) is 5.32 Å². The lowest BCUT2D eigenvalue weighted by molar-refractivity contribution is -0.134. The summed E-state index contributed by atoms with van der Waals surface area (Å²) in [5, 5.41) is 2.73. The van der Waals surface area contributed by atoms with E-state index in [9.17, 15) is 22.0 Å². The van der Waals surface area contributed by atoms with Crippen molar-refractivity contribution in [1.29, 1.82) is 0 Å². The zero-order chi connectivity index (χ0) is 25.6. The maximum atomic E-state index is 14.0. The van der Waals surface area contributed by atoms with Crippen molar-refractivity contribution >= 4 is 16.0 Å². The number of primary amides is 1. The van der Waals surface area contributed by atoms with Crippen molar-refractivity contribution < 1.29 is 30.9 Å². The fraction of sp³-hybridized carbons (Fsp3) is 0.240. The third-order valence-corrected chi connectivity index (χ3v) is 5.80. The molecule has 1 atom stereocenters. The second-order valence-electron chi connectivity index (χ2n) is 8.17. The quantitative estimate of drug-likeness (QED) is 0.306. The van der Waals surface area contributed by atoms with Gasteiger partial charge >= 0.3 is 0 Å². The van der Waals surface area contributed by atoms with Crippen LogP contribution in [0.1, 0.15) is 29.2 Å². The van der Waals surface area contributed by atoms with E-state index in [1.807, 2.05) is 0 Å². The molecule has 3 N–H and O–H groups in total. The molecule has 0 bridgehead atoms. The van der Waals surface area contributed by atoms with Crippen molar-refractivity contribution in [2.75, 3.05) is 6.26 Å². The van der Waals surface area contributed by atoms with E-state index in [0.29, 0.717) is 34.4 Å². The first kappa shape index (κ1) is 26.3. The van der Waals surface area contributed by atoms with Gasteiger partial charge in [0.25, 0.3) is 16.0 Å². The molecular formula is C25H26F2N2O5S. The fourth-order valence-corrected chi connectivity index (χ4v) is 4.14. The minimum Gasteiger partial charge on any atom is -0.489 e. The van der Waals surface area contributed by atoms with Crippen molar-refractivity contribution in [3.8, 4) is 5.75 Å². The van der Waals surface area contributed by atoms with Crippen LogP contribution in [0.15, 0.2) is 66.7 Å². The lowest BCUT2D eigenvalue weighted by atomic mass is 10.0. The van der Waals surface area contributed by atoms with Crippen LogP contribution in [0.3, 0.4) is 0 Å². The topological polar surface area (TPSA) is 108 Å². The lowest BCUT2D eigenvalue weighted by Crippen LogP contribution is -2.55. The Morgan fingerprint density at radius 3 is 2.40 bits per heavy atom. The molecule has 10 heteroatoms. The summed E-state index contributed by atoms with van der Waals surface area (Å²) in [5.74, 6) is -1.32. The third kappa shape index (κ3) is 7.57. The minimum atomic E-state index is -3.98. The summed E-state index contributed by atoms with van der Waals surface area (Å²) >= 11 is 0. The first-order valence-corrected chi connectivity index (χ1v) is 12.4. The zero-order valence-electron chi connectivity index (χ0n) is 19.3. The number of hydrogen-bond acceptors (Lipinski definition) is 6. The van der Waals surface area contributed by atoms with Gasteiger partial charge < -0.3 is 10.5 Å². The Balaban J connectivity index is 1.86. The Labute approximate surface area is 203 Å². The number of amides is 1. The largest absolute Gasteiger partial charge is 0.489 e. The Hall–Kier alpha value is -3.34. The Kier molecular flexibility index (Phi) is 8.21. The number of carbonyl (C=O) groups excluding carboxylic acids is 1. The van der Waals surface area contributed by atoms with Crippen LogP contribution in [-0.4, -0.2) is 26.3 Å². The molecule has 3 aromatic carbocycles. The molecule has 0 aliphatic rings. The Morgan fingerprint density at radius 2 is 1.74 bits per heavy atom. The third-order valence-electron chi connectivity index (χ3n) is 5.17. The number of nitrogens with one attached hydrogen (secondary N) is 1. The minimum absolute atomic E-state index is 0.0115.